The monoisotopic (exact) mass is 364 g/mol. The van der Waals surface area contributed by atoms with Gasteiger partial charge in [0, 0.05) is 0 Å². The summed E-state index contributed by atoms with van der Waals surface area (Å²) in [5.74, 6) is 0. The van der Waals surface area contributed by atoms with Crippen LogP contribution in [0.4, 0.5) is 0 Å². The summed E-state index contributed by atoms with van der Waals surface area (Å²) in [6, 6.07) is 0. The minimum atomic E-state index is -4.68. The SMILES string of the molecule is CCCCCC1(CP(O)(O)(O)CC2(CCCCC)COC2)COC1. The van der Waals surface area contributed by atoms with Crippen molar-refractivity contribution < 1.29 is 24.2 Å². The van der Waals surface area contributed by atoms with Crippen LogP contribution in [0.1, 0.15) is 65.2 Å². The second kappa shape index (κ2) is 7.85. The summed E-state index contributed by atoms with van der Waals surface area (Å²) >= 11 is 0. The van der Waals surface area contributed by atoms with Crippen LogP contribution in [0.15, 0.2) is 0 Å². The van der Waals surface area contributed by atoms with E-state index in [4.69, 9.17) is 9.47 Å². The summed E-state index contributed by atoms with van der Waals surface area (Å²) in [5.41, 5.74) is -0.499. The van der Waals surface area contributed by atoms with Gasteiger partial charge in [0.25, 0.3) is 0 Å². The minimum absolute atomic E-state index is 0.0951. The van der Waals surface area contributed by atoms with Gasteiger partial charge in [0.05, 0.1) is 0 Å². The quantitative estimate of drug-likeness (QED) is 0.365. The second-order valence-corrected chi connectivity index (χ2v) is 11.9. The standard InChI is InChI=1S/C18H37O5P/c1-3-5-7-9-17(11-22-12-17)15-24(19,20,21)16-18(13-23-14-18)10-8-6-4-2/h19-21H,3-16H2,1-2H3. The Morgan fingerprint density at radius 3 is 1.33 bits per heavy atom. The molecule has 144 valence electrons. The number of rotatable bonds is 12. The molecule has 0 amide bonds. The molecule has 0 bridgehead atoms. The van der Waals surface area contributed by atoms with Crippen LogP contribution < -0.4 is 0 Å². The van der Waals surface area contributed by atoms with Crippen molar-refractivity contribution in [3.05, 3.63) is 0 Å². The van der Waals surface area contributed by atoms with Gasteiger partial charge in [-0.1, -0.05) is 0 Å². The third-order valence-electron chi connectivity index (χ3n) is 5.57. The molecule has 0 aromatic carbocycles. The maximum atomic E-state index is 10.8. The van der Waals surface area contributed by atoms with Crippen LogP contribution in [0.5, 0.6) is 0 Å². The maximum absolute atomic E-state index is 10.8. The Morgan fingerprint density at radius 2 is 1.08 bits per heavy atom. The third kappa shape index (κ3) is 5.62. The molecule has 6 heteroatoms. The van der Waals surface area contributed by atoms with Gasteiger partial charge >= 0.3 is 146 Å². The molecule has 0 spiro atoms. The molecule has 0 aromatic rings. The number of hydrogen-bond acceptors (Lipinski definition) is 5. The van der Waals surface area contributed by atoms with Crippen molar-refractivity contribution in [3.63, 3.8) is 0 Å². The Labute approximate surface area is 146 Å². The molecule has 5 nitrogen and oxygen atoms in total. The summed E-state index contributed by atoms with van der Waals surface area (Å²) in [5, 5.41) is 0. The van der Waals surface area contributed by atoms with Gasteiger partial charge in [-0.25, -0.2) is 0 Å². The van der Waals surface area contributed by atoms with Crippen molar-refractivity contribution >= 4 is 7.28 Å². The molecule has 2 fully saturated rings. The fourth-order valence-corrected chi connectivity index (χ4v) is 7.88. The van der Waals surface area contributed by atoms with Gasteiger partial charge in [0.1, 0.15) is 0 Å². The van der Waals surface area contributed by atoms with Gasteiger partial charge in [-0.15, -0.1) is 0 Å². The van der Waals surface area contributed by atoms with E-state index >= 15 is 0 Å². The first-order valence-corrected chi connectivity index (χ1v) is 12.1. The first-order chi connectivity index (χ1) is 11.2. The summed E-state index contributed by atoms with van der Waals surface area (Å²) in [7, 11) is -4.68. The molecule has 24 heavy (non-hydrogen) atoms. The van der Waals surface area contributed by atoms with E-state index < -0.39 is 7.28 Å². The molecule has 2 aliphatic rings. The molecule has 0 aromatic heterocycles. The zero-order valence-corrected chi connectivity index (χ0v) is 16.4. The van der Waals surface area contributed by atoms with E-state index in [0.717, 1.165) is 51.4 Å². The van der Waals surface area contributed by atoms with Crippen LogP contribution >= 0.6 is 7.28 Å². The molecule has 2 aliphatic heterocycles. The molecule has 2 saturated heterocycles. The Bertz CT molecular complexity index is 362. The van der Waals surface area contributed by atoms with Crippen LogP contribution in [0.25, 0.3) is 0 Å². The van der Waals surface area contributed by atoms with E-state index in [0.29, 0.717) is 26.4 Å². The van der Waals surface area contributed by atoms with E-state index in [-0.39, 0.29) is 23.2 Å². The third-order valence-corrected chi connectivity index (χ3v) is 8.21. The fraction of sp³-hybridized carbons (Fsp3) is 1.00. The zero-order valence-electron chi connectivity index (χ0n) is 15.5. The van der Waals surface area contributed by atoms with E-state index in [9.17, 15) is 14.7 Å². The predicted molar refractivity (Wildman–Crippen MR) is 98.1 cm³/mol. The molecule has 0 saturated carbocycles. The van der Waals surface area contributed by atoms with E-state index in [1.165, 1.54) is 0 Å². The van der Waals surface area contributed by atoms with Crippen molar-refractivity contribution in [2.24, 2.45) is 10.8 Å². The summed E-state index contributed by atoms with van der Waals surface area (Å²) < 4.78 is 10.7. The molecule has 2 heterocycles. The first kappa shape index (κ1) is 20.5. The molecule has 2 rings (SSSR count). The molecule has 0 radical (unpaired) electrons. The number of hydrogen-bond donors (Lipinski definition) is 3. The average Bonchev–Trinajstić information content (AvgIpc) is 2.41. The van der Waals surface area contributed by atoms with Crippen molar-refractivity contribution in [2.45, 2.75) is 65.2 Å². The number of ether oxygens (including phenoxy) is 2. The van der Waals surface area contributed by atoms with Crippen LogP contribution in [-0.4, -0.2) is 53.4 Å². The van der Waals surface area contributed by atoms with Crippen molar-refractivity contribution in [3.8, 4) is 0 Å². The Hall–Kier alpha value is 0.230. The van der Waals surface area contributed by atoms with Crippen LogP contribution in [0.2, 0.25) is 0 Å². The Morgan fingerprint density at radius 1 is 0.708 bits per heavy atom. The predicted octanol–water partition coefficient (Wildman–Crippen LogP) is 3.46. The van der Waals surface area contributed by atoms with E-state index in [1.54, 1.807) is 0 Å². The number of unbranched alkanes of at least 4 members (excludes halogenated alkanes) is 4. The van der Waals surface area contributed by atoms with Crippen LogP contribution in [-0.2, 0) is 9.47 Å². The van der Waals surface area contributed by atoms with Gasteiger partial charge in [-0.2, -0.15) is 0 Å². The fourth-order valence-electron chi connectivity index (χ4n) is 4.34. The summed E-state index contributed by atoms with van der Waals surface area (Å²) in [4.78, 5) is 32.5. The van der Waals surface area contributed by atoms with Gasteiger partial charge in [-0.3, -0.25) is 0 Å². The Kier molecular flexibility index (Phi) is 6.72. The van der Waals surface area contributed by atoms with Crippen molar-refractivity contribution in [1.82, 2.24) is 0 Å². The molecule has 3 N–H and O–H groups in total. The second-order valence-electron chi connectivity index (χ2n) is 8.56. The molecular formula is C18H37O5P. The van der Waals surface area contributed by atoms with Crippen LogP contribution in [0.3, 0.4) is 0 Å². The van der Waals surface area contributed by atoms with Crippen molar-refractivity contribution in [2.75, 3.05) is 38.8 Å². The van der Waals surface area contributed by atoms with E-state index in [2.05, 4.69) is 13.8 Å². The van der Waals surface area contributed by atoms with E-state index in [1.807, 2.05) is 0 Å². The summed E-state index contributed by atoms with van der Waals surface area (Å²) in [6.45, 7) is 6.46. The van der Waals surface area contributed by atoms with Crippen molar-refractivity contribution in [1.29, 1.82) is 0 Å². The van der Waals surface area contributed by atoms with Gasteiger partial charge in [-0.05, 0) is 0 Å². The first-order valence-electron chi connectivity index (χ1n) is 9.63. The van der Waals surface area contributed by atoms with Gasteiger partial charge in [0.15, 0.2) is 0 Å². The Balaban J connectivity index is 1.97. The topological polar surface area (TPSA) is 79.2 Å². The van der Waals surface area contributed by atoms with Gasteiger partial charge in [0.2, 0.25) is 0 Å². The zero-order chi connectivity index (χ0) is 17.8. The molecule has 0 atom stereocenters. The van der Waals surface area contributed by atoms with Crippen LogP contribution in [0, 0.1) is 10.8 Å². The molecular weight excluding hydrogens is 327 g/mol. The molecule has 0 aliphatic carbocycles. The molecule has 0 unspecified atom stereocenters. The van der Waals surface area contributed by atoms with Gasteiger partial charge < -0.3 is 0 Å². The average molecular weight is 364 g/mol. The normalized spacial score (nSPS) is 23.8. The summed E-state index contributed by atoms with van der Waals surface area (Å²) in [6.07, 6.45) is 8.64.